The molecule has 1 aromatic carbocycles. The maximum Gasteiger partial charge on any atom is 0.236 e. The van der Waals surface area contributed by atoms with Crippen LogP contribution in [0.15, 0.2) is 18.2 Å². The van der Waals surface area contributed by atoms with Gasteiger partial charge in [-0.3, -0.25) is 14.6 Å². The van der Waals surface area contributed by atoms with E-state index in [4.69, 9.17) is 0 Å². The first kappa shape index (κ1) is 17.9. The molecule has 0 aromatic heterocycles. The monoisotopic (exact) mass is 363 g/mol. The molecule has 0 spiro atoms. The number of benzene rings is 1. The summed E-state index contributed by atoms with van der Waals surface area (Å²) in [5, 5.41) is 0. The van der Waals surface area contributed by atoms with Crippen LogP contribution in [0.2, 0.25) is 0 Å². The van der Waals surface area contributed by atoms with Gasteiger partial charge in [-0.15, -0.1) is 0 Å². The second-order valence-electron chi connectivity index (χ2n) is 7.94. The summed E-state index contributed by atoms with van der Waals surface area (Å²) in [5.74, 6) is -0.944. The number of amides is 1. The molecule has 26 heavy (non-hydrogen) atoms. The number of carbonyl (C=O) groups is 1. The zero-order chi connectivity index (χ0) is 18.4. The second kappa shape index (κ2) is 6.89. The van der Waals surface area contributed by atoms with Crippen LogP contribution < -0.4 is 0 Å². The highest BCUT2D eigenvalue weighted by Gasteiger charge is 2.54. The molecule has 4 aliphatic rings. The summed E-state index contributed by atoms with van der Waals surface area (Å²) in [5.41, 5.74) is 0.464. The highest BCUT2D eigenvalue weighted by Crippen LogP contribution is 2.46. The van der Waals surface area contributed by atoms with Crippen molar-refractivity contribution in [3.05, 3.63) is 35.4 Å². The largest absolute Gasteiger partial charge is 0.345 e. The first-order valence-electron chi connectivity index (χ1n) is 9.67. The lowest BCUT2D eigenvalue weighted by atomic mass is 9.75. The number of fused-ring (bicyclic) bond motifs is 2. The van der Waals surface area contributed by atoms with E-state index in [1.54, 1.807) is 17.0 Å². The van der Waals surface area contributed by atoms with E-state index in [2.05, 4.69) is 9.80 Å². The predicted octanol–water partition coefficient (Wildman–Crippen LogP) is 2.31. The third-order valence-corrected chi connectivity index (χ3v) is 6.71. The molecule has 0 N–H and O–H groups in total. The van der Waals surface area contributed by atoms with Crippen LogP contribution in [0.25, 0.3) is 0 Å². The van der Waals surface area contributed by atoms with Crippen LogP contribution in [0.4, 0.5) is 8.78 Å². The smallest absolute Gasteiger partial charge is 0.236 e. The molecule has 1 aromatic rings. The molecule has 3 atom stereocenters. The van der Waals surface area contributed by atoms with E-state index < -0.39 is 11.6 Å². The Morgan fingerprint density at radius 3 is 2.65 bits per heavy atom. The Bertz CT molecular complexity index is 690. The summed E-state index contributed by atoms with van der Waals surface area (Å²) in [4.78, 5) is 18.9. The highest BCUT2D eigenvalue weighted by molar-refractivity contribution is 5.78. The van der Waals surface area contributed by atoms with Crippen LogP contribution in [0.3, 0.4) is 0 Å². The highest BCUT2D eigenvalue weighted by atomic mass is 19.2. The topological polar surface area (TPSA) is 26.8 Å². The lowest BCUT2D eigenvalue weighted by Gasteiger charge is -2.51. The van der Waals surface area contributed by atoms with Crippen molar-refractivity contribution >= 4 is 5.91 Å². The average molecular weight is 363 g/mol. The molecule has 0 radical (unpaired) electrons. The van der Waals surface area contributed by atoms with E-state index in [0.29, 0.717) is 31.1 Å². The number of carbonyl (C=O) groups excluding carboxylic acids is 1. The standard InChI is InChI=1S/C20H27F2N3O/c1-3-23(2)17(26)12-25-11-15(14-5-4-6-16(21)18(14)22)20-19(25)13-7-9-24(20)10-8-13/h4-6,13,15,19-20H,3,7-12H2,1-2H3/t15-,19-,20-/m1/s1. The average Bonchev–Trinajstić information content (AvgIpc) is 3.05. The summed E-state index contributed by atoms with van der Waals surface area (Å²) in [6.45, 7) is 5.67. The summed E-state index contributed by atoms with van der Waals surface area (Å²) in [6.07, 6.45) is 2.27. The molecule has 5 rings (SSSR count). The molecular formula is C20H27F2N3O. The Morgan fingerprint density at radius 1 is 1.23 bits per heavy atom. The zero-order valence-electron chi connectivity index (χ0n) is 15.5. The van der Waals surface area contributed by atoms with Crippen LogP contribution in [-0.4, -0.2) is 72.5 Å². The Kier molecular flexibility index (Phi) is 4.73. The van der Waals surface area contributed by atoms with E-state index in [1.165, 1.54) is 6.07 Å². The van der Waals surface area contributed by atoms with Gasteiger partial charge in [0.15, 0.2) is 11.6 Å². The van der Waals surface area contributed by atoms with E-state index in [0.717, 1.165) is 25.9 Å². The fourth-order valence-corrected chi connectivity index (χ4v) is 5.27. The minimum atomic E-state index is -0.782. The summed E-state index contributed by atoms with van der Waals surface area (Å²) in [7, 11) is 1.82. The molecule has 6 heteroatoms. The molecule has 2 bridgehead atoms. The molecule has 4 heterocycles. The Balaban J connectivity index is 1.66. The molecule has 4 saturated heterocycles. The quantitative estimate of drug-likeness (QED) is 0.821. The molecule has 0 aliphatic carbocycles. The SMILES string of the molecule is CCN(C)C(=O)CN1C[C@H](c2cccc(F)c2F)[C@@H]2[C@H]1C1CCN2CC1. The number of hydrogen-bond donors (Lipinski definition) is 0. The van der Waals surface area contributed by atoms with Crippen molar-refractivity contribution in [2.75, 3.05) is 39.8 Å². The van der Waals surface area contributed by atoms with Crippen molar-refractivity contribution in [1.29, 1.82) is 0 Å². The summed E-state index contributed by atoms with van der Waals surface area (Å²) in [6, 6.07) is 4.93. The number of likely N-dealkylation sites (tertiary alicyclic amines) is 1. The number of nitrogens with zero attached hydrogens (tertiary/aromatic N) is 3. The van der Waals surface area contributed by atoms with E-state index >= 15 is 0 Å². The lowest BCUT2D eigenvalue weighted by molar-refractivity contribution is -0.132. The van der Waals surface area contributed by atoms with Gasteiger partial charge in [0.2, 0.25) is 5.91 Å². The van der Waals surface area contributed by atoms with E-state index in [1.807, 2.05) is 14.0 Å². The first-order chi connectivity index (χ1) is 12.5. The second-order valence-corrected chi connectivity index (χ2v) is 7.94. The molecule has 0 saturated carbocycles. The summed E-state index contributed by atoms with van der Waals surface area (Å²) >= 11 is 0. The van der Waals surface area contributed by atoms with E-state index in [-0.39, 0.29) is 23.9 Å². The van der Waals surface area contributed by atoms with Gasteiger partial charge in [-0.05, 0) is 50.4 Å². The van der Waals surface area contributed by atoms with Gasteiger partial charge < -0.3 is 4.90 Å². The molecule has 4 aliphatic heterocycles. The fourth-order valence-electron chi connectivity index (χ4n) is 5.27. The van der Waals surface area contributed by atoms with Crippen molar-refractivity contribution in [2.45, 2.75) is 37.8 Å². The summed E-state index contributed by atoms with van der Waals surface area (Å²) < 4.78 is 28.4. The number of rotatable bonds is 4. The van der Waals surface area contributed by atoms with Gasteiger partial charge in [0, 0.05) is 38.1 Å². The van der Waals surface area contributed by atoms with Crippen molar-refractivity contribution in [2.24, 2.45) is 5.92 Å². The molecular weight excluding hydrogens is 336 g/mol. The lowest BCUT2D eigenvalue weighted by Crippen LogP contribution is -2.60. The minimum absolute atomic E-state index is 0.0847. The normalized spacial score (nSPS) is 33.3. The van der Waals surface area contributed by atoms with Crippen molar-refractivity contribution in [1.82, 2.24) is 14.7 Å². The number of halogens is 2. The van der Waals surface area contributed by atoms with Gasteiger partial charge in [0.25, 0.3) is 0 Å². The molecule has 1 amide bonds. The van der Waals surface area contributed by atoms with Crippen LogP contribution in [0.1, 0.15) is 31.2 Å². The minimum Gasteiger partial charge on any atom is -0.345 e. The van der Waals surface area contributed by atoms with Gasteiger partial charge in [-0.25, -0.2) is 8.78 Å². The van der Waals surface area contributed by atoms with Crippen LogP contribution in [-0.2, 0) is 4.79 Å². The van der Waals surface area contributed by atoms with Gasteiger partial charge in [-0.1, -0.05) is 12.1 Å². The fraction of sp³-hybridized carbons (Fsp3) is 0.650. The van der Waals surface area contributed by atoms with Gasteiger partial charge in [-0.2, -0.15) is 0 Å². The van der Waals surface area contributed by atoms with Crippen molar-refractivity contribution < 1.29 is 13.6 Å². The predicted molar refractivity (Wildman–Crippen MR) is 95.9 cm³/mol. The van der Waals surface area contributed by atoms with Crippen LogP contribution in [0.5, 0.6) is 0 Å². The molecule has 142 valence electrons. The van der Waals surface area contributed by atoms with Crippen molar-refractivity contribution in [3.8, 4) is 0 Å². The third kappa shape index (κ3) is 2.83. The van der Waals surface area contributed by atoms with Crippen LogP contribution in [0, 0.1) is 17.6 Å². The molecule has 4 nitrogen and oxygen atoms in total. The maximum absolute atomic E-state index is 14.5. The van der Waals surface area contributed by atoms with Crippen LogP contribution >= 0.6 is 0 Å². The number of hydrogen-bond acceptors (Lipinski definition) is 3. The number of piperidine rings is 3. The van der Waals surface area contributed by atoms with Gasteiger partial charge in [0.05, 0.1) is 6.54 Å². The Hall–Kier alpha value is -1.53. The molecule has 0 unspecified atom stereocenters. The van der Waals surface area contributed by atoms with Gasteiger partial charge >= 0.3 is 0 Å². The number of likely N-dealkylation sites (N-methyl/N-ethyl adjacent to an activating group) is 1. The maximum atomic E-state index is 14.5. The zero-order valence-corrected chi connectivity index (χ0v) is 15.5. The molecule has 4 fully saturated rings. The van der Waals surface area contributed by atoms with Crippen molar-refractivity contribution in [3.63, 3.8) is 0 Å². The first-order valence-corrected chi connectivity index (χ1v) is 9.67. The Morgan fingerprint density at radius 2 is 1.96 bits per heavy atom. The van der Waals surface area contributed by atoms with Gasteiger partial charge in [0.1, 0.15) is 0 Å². The Labute approximate surface area is 153 Å². The van der Waals surface area contributed by atoms with E-state index in [9.17, 15) is 13.6 Å². The third-order valence-electron chi connectivity index (χ3n) is 6.71.